The zero-order valence-electron chi connectivity index (χ0n) is 27.2. The largest absolute Gasteiger partial charge is 0.305 e. The Labute approximate surface area is 277 Å². The summed E-state index contributed by atoms with van der Waals surface area (Å²) in [6.07, 6.45) is 3.58. The molecular formula is C38H32IrN2SSi-2. The fourth-order valence-electron chi connectivity index (χ4n) is 4.86. The van der Waals surface area contributed by atoms with Gasteiger partial charge in [0, 0.05) is 41.3 Å². The molecule has 7 aromatic rings. The van der Waals surface area contributed by atoms with Crippen LogP contribution in [0.25, 0.3) is 53.8 Å². The second-order valence-electron chi connectivity index (χ2n) is 11.2. The van der Waals surface area contributed by atoms with Gasteiger partial charge in [-0.05, 0) is 56.8 Å². The number of hydrogen-bond acceptors (Lipinski definition) is 3. The van der Waals surface area contributed by atoms with E-state index in [0.717, 1.165) is 26.9 Å². The van der Waals surface area contributed by atoms with Crippen LogP contribution in [0.4, 0.5) is 0 Å². The van der Waals surface area contributed by atoms with Gasteiger partial charge in [-0.15, -0.1) is 59.7 Å². The first-order valence-corrected chi connectivity index (χ1v) is 18.2. The Morgan fingerprint density at radius 2 is 1.56 bits per heavy atom. The third-order valence-electron chi connectivity index (χ3n) is 7.17. The minimum atomic E-state index is -2.16. The molecule has 0 unspecified atom stereocenters. The number of aryl methyl sites for hydroxylation is 1. The van der Waals surface area contributed by atoms with Crippen molar-refractivity contribution in [3.8, 4) is 33.6 Å². The van der Waals surface area contributed by atoms with E-state index in [1.165, 1.54) is 26.4 Å². The zero-order chi connectivity index (χ0) is 31.6. The molecule has 0 spiro atoms. The number of pyridine rings is 2. The van der Waals surface area contributed by atoms with Crippen LogP contribution < -0.4 is 5.19 Å². The van der Waals surface area contributed by atoms with Crippen molar-refractivity contribution in [3.63, 3.8) is 0 Å². The van der Waals surface area contributed by atoms with E-state index in [1.807, 2.05) is 54.7 Å². The van der Waals surface area contributed by atoms with Crippen molar-refractivity contribution in [2.24, 2.45) is 0 Å². The van der Waals surface area contributed by atoms with Crippen molar-refractivity contribution >= 4 is 44.8 Å². The van der Waals surface area contributed by atoms with Gasteiger partial charge in [0.15, 0.2) is 0 Å². The van der Waals surface area contributed by atoms with Gasteiger partial charge in [0.05, 0.1) is 8.07 Å². The van der Waals surface area contributed by atoms with E-state index in [1.54, 1.807) is 29.7 Å². The SMILES string of the molecule is C[Si](C)(C)c1ccc(-c2[c-]cccc2)nc1.[2H]C([2H])([2H])c1ccnc(-c2[c-]ccc3c2sc2cc(-c4ccccc4)ccc23)c1.[Ir]. The molecule has 0 aliphatic rings. The number of benzene rings is 4. The molecule has 5 heteroatoms. The van der Waals surface area contributed by atoms with Gasteiger partial charge in [-0.3, -0.25) is 0 Å². The molecule has 1 radical (unpaired) electrons. The molecule has 0 saturated heterocycles. The number of fused-ring (bicyclic) bond motifs is 3. The summed E-state index contributed by atoms with van der Waals surface area (Å²) in [6.45, 7) is 4.84. The first-order chi connectivity index (χ1) is 21.6. The normalized spacial score (nSPS) is 12.4. The Morgan fingerprint density at radius 3 is 2.28 bits per heavy atom. The number of nitrogens with zero attached hydrogens (tertiary/aromatic N) is 2. The molecule has 7 rings (SSSR count). The molecule has 0 fully saturated rings. The standard InChI is InChI=1S/C24H16NS.C14H16NSi.Ir/c1-16-12-13-25-22(14-16)21-9-5-8-20-19-11-10-18(15-23(19)26-24(20)21)17-6-3-2-4-7-17;1-16(2,3)13-9-10-14(15-11-13)12-7-5-4-6-8-12;/h2-8,10-15H,1H3;4-7,9-11H,1-3H3;/q2*-1;/i1D3;;. The first-order valence-electron chi connectivity index (χ1n) is 15.4. The number of thiophene rings is 1. The first kappa shape index (κ1) is 26.9. The number of aromatic nitrogens is 2. The number of hydrogen-bond donors (Lipinski definition) is 0. The zero-order valence-corrected chi connectivity index (χ0v) is 28.4. The van der Waals surface area contributed by atoms with E-state index >= 15 is 0 Å². The molecule has 0 N–H and O–H groups in total. The molecule has 2 nitrogen and oxygen atoms in total. The molecule has 0 aliphatic heterocycles. The molecule has 4 aromatic carbocycles. The van der Waals surface area contributed by atoms with Gasteiger partial charge in [0.25, 0.3) is 0 Å². The van der Waals surface area contributed by atoms with Gasteiger partial charge >= 0.3 is 0 Å². The number of rotatable bonds is 4. The maximum absolute atomic E-state index is 7.69. The molecule has 0 atom stereocenters. The van der Waals surface area contributed by atoms with Gasteiger partial charge in [0.2, 0.25) is 0 Å². The predicted molar refractivity (Wildman–Crippen MR) is 183 cm³/mol. The van der Waals surface area contributed by atoms with Crippen LogP contribution in [0.5, 0.6) is 0 Å². The van der Waals surface area contributed by atoms with Crippen LogP contribution >= 0.6 is 11.3 Å². The minimum absolute atomic E-state index is 0. The van der Waals surface area contributed by atoms with Crippen LogP contribution in [0.2, 0.25) is 19.6 Å². The molecular weight excluding hydrogens is 737 g/mol. The van der Waals surface area contributed by atoms with Gasteiger partial charge in [0.1, 0.15) is 0 Å². The molecule has 0 bridgehead atoms. The molecule has 43 heavy (non-hydrogen) atoms. The van der Waals surface area contributed by atoms with Gasteiger partial charge in [-0.1, -0.05) is 91.3 Å². The van der Waals surface area contributed by atoms with E-state index < -0.39 is 14.9 Å². The second kappa shape index (κ2) is 13.3. The summed E-state index contributed by atoms with van der Waals surface area (Å²) in [6, 6.07) is 42.7. The van der Waals surface area contributed by atoms with E-state index in [-0.39, 0.29) is 20.1 Å². The molecule has 0 aliphatic carbocycles. The Bertz CT molecular complexity index is 2070. The second-order valence-corrected chi connectivity index (χ2v) is 17.3. The average molecular weight is 772 g/mol. The summed E-state index contributed by atoms with van der Waals surface area (Å²) in [5.41, 5.74) is 6.20. The third kappa shape index (κ3) is 6.92. The maximum atomic E-state index is 7.69. The Morgan fingerprint density at radius 1 is 0.721 bits per heavy atom. The van der Waals surface area contributed by atoms with Crippen LogP contribution in [-0.4, -0.2) is 18.0 Å². The van der Waals surface area contributed by atoms with Gasteiger partial charge < -0.3 is 9.97 Å². The van der Waals surface area contributed by atoms with E-state index in [4.69, 9.17) is 4.11 Å². The van der Waals surface area contributed by atoms with Crippen LogP contribution in [0.1, 0.15) is 9.68 Å². The van der Waals surface area contributed by atoms with Crippen molar-refractivity contribution in [3.05, 3.63) is 139 Å². The Kier molecular flexibility index (Phi) is 8.29. The van der Waals surface area contributed by atoms with Crippen LogP contribution in [-0.2, 0) is 20.1 Å². The summed E-state index contributed by atoms with van der Waals surface area (Å²) in [7, 11) is -1.23. The van der Waals surface area contributed by atoms with Crippen molar-refractivity contribution < 1.29 is 24.2 Å². The van der Waals surface area contributed by atoms with E-state index in [0.29, 0.717) is 11.3 Å². The van der Waals surface area contributed by atoms with Crippen molar-refractivity contribution in [1.29, 1.82) is 0 Å². The summed E-state index contributed by atoms with van der Waals surface area (Å²) in [5.74, 6) is 0. The average Bonchev–Trinajstić information content (AvgIpc) is 3.43. The fraction of sp³-hybridized carbons (Fsp3) is 0.105. The van der Waals surface area contributed by atoms with E-state index in [9.17, 15) is 0 Å². The van der Waals surface area contributed by atoms with Crippen LogP contribution in [0, 0.1) is 19.0 Å². The van der Waals surface area contributed by atoms with Gasteiger partial charge in [-0.2, -0.15) is 11.3 Å². The molecule has 0 saturated carbocycles. The predicted octanol–water partition coefficient (Wildman–Crippen LogP) is 9.98. The molecule has 215 valence electrons. The fourth-order valence-corrected chi connectivity index (χ4v) is 7.14. The van der Waals surface area contributed by atoms with Gasteiger partial charge in [-0.25, -0.2) is 0 Å². The molecule has 3 aromatic heterocycles. The quantitative estimate of drug-likeness (QED) is 0.132. The molecule has 3 heterocycles. The summed E-state index contributed by atoms with van der Waals surface area (Å²) >= 11 is 1.69. The van der Waals surface area contributed by atoms with Crippen LogP contribution in [0.15, 0.2) is 122 Å². The van der Waals surface area contributed by atoms with Crippen molar-refractivity contribution in [2.45, 2.75) is 26.5 Å². The molecule has 0 amide bonds. The van der Waals surface area contributed by atoms with Crippen molar-refractivity contribution in [1.82, 2.24) is 9.97 Å². The summed E-state index contributed by atoms with van der Waals surface area (Å²) in [5, 5.41) is 3.72. The Hall–Kier alpha value is -3.73. The minimum Gasteiger partial charge on any atom is -0.305 e. The summed E-state index contributed by atoms with van der Waals surface area (Å²) in [4.78, 5) is 8.95. The van der Waals surface area contributed by atoms with Crippen LogP contribution in [0.3, 0.4) is 0 Å². The topological polar surface area (TPSA) is 25.8 Å². The maximum Gasteiger partial charge on any atom is 0.0795 e. The monoisotopic (exact) mass is 772 g/mol. The summed E-state index contributed by atoms with van der Waals surface area (Å²) < 4.78 is 25.3. The third-order valence-corrected chi connectivity index (χ3v) is 10.4. The van der Waals surface area contributed by atoms with Crippen molar-refractivity contribution in [2.75, 3.05) is 0 Å². The Balaban J connectivity index is 0.000000209. The van der Waals surface area contributed by atoms with E-state index in [2.05, 4.69) is 90.3 Å². The smallest absolute Gasteiger partial charge is 0.0795 e.